The van der Waals surface area contributed by atoms with Crippen LogP contribution in [0.4, 0.5) is 0 Å². The summed E-state index contributed by atoms with van der Waals surface area (Å²) in [6.07, 6.45) is 0. The van der Waals surface area contributed by atoms with E-state index in [0.29, 0.717) is 11.7 Å². The second kappa shape index (κ2) is 9.22. The van der Waals surface area contributed by atoms with Gasteiger partial charge in [0.1, 0.15) is 5.82 Å². The Morgan fingerprint density at radius 1 is 1.03 bits per heavy atom. The number of carbonyl (C=O) groups excluding carboxylic acids is 1. The van der Waals surface area contributed by atoms with Gasteiger partial charge in [0.25, 0.3) is 5.91 Å². The number of rotatable bonds is 7. The highest BCUT2D eigenvalue weighted by Crippen LogP contribution is 2.23. The Bertz CT molecular complexity index is 1210. The van der Waals surface area contributed by atoms with Gasteiger partial charge >= 0.3 is 0 Å². The monoisotopic (exact) mass is 455 g/mol. The SMILES string of the molecule is Cc1nc(C(=O)NC(C)c2ccc(S(=O)(=O)N(C)C)cc2)nn1-c1ccccc1C(C)C. The second-order valence-corrected chi connectivity index (χ2v) is 10.3. The smallest absolute Gasteiger partial charge is 0.291 e. The molecule has 8 nitrogen and oxygen atoms in total. The number of amides is 1. The van der Waals surface area contributed by atoms with Crippen molar-refractivity contribution in [2.75, 3.05) is 14.1 Å². The van der Waals surface area contributed by atoms with Gasteiger partial charge in [0.15, 0.2) is 0 Å². The predicted molar refractivity (Wildman–Crippen MR) is 123 cm³/mol. The molecule has 1 atom stereocenters. The van der Waals surface area contributed by atoms with Crippen LogP contribution >= 0.6 is 0 Å². The third kappa shape index (κ3) is 4.73. The van der Waals surface area contributed by atoms with Crippen molar-refractivity contribution >= 4 is 15.9 Å². The van der Waals surface area contributed by atoms with Crippen molar-refractivity contribution < 1.29 is 13.2 Å². The van der Waals surface area contributed by atoms with Gasteiger partial charge in [0, 0.05) is 14.1 Å². The molecule has 0 fully saturated rings. The van der Waals surface area contributed by atoms with Crippen molar-refractivity contribution in [2.24, 2.45) is 0 Å². The van der Waals surface area contributed by atoms with Gasteiger partial charge in [-0.25, -0.2) is 22.4 Å². The Kier molecular flexibility index (Phi) is 6.80. The first-order valence-electron chi connectivity index (χ1n) is 10.4. The molecule has 0 saturated heterocycles. The second-order valence-electron chi connectivity index (χ2n) is 8.16. The van der Waals surface area contributed by atoms with E-state index in [4.69, 9.17) is 0 Å². The highest BCUT2D eigenvalue weighted by molar-refractivity contribution is 7.89. The first kappa shape index (κ1) is 23.6. The molecule has 9 heteroatoms. The van der Waals surface area contributed by atoms with Gasteiger partial charge in [-0.2, -0.15) is 0 Å². The summed E-state index contributed by atoms with van der Waals surface area (Å²) in [5.74, 6) is 0.603. The van der Waals surface area contributed by atoms with Gasteiger partial charge in [0.2, 0.25) is 15.8 Å². The summed E-state index contributed by atoms with van der Waals surface area (Å²) in [4.78, 5) is 17.4. The average Bonchev–Trinajstić information content (AvgIpc) is 3.15. The van der Waals surface area contributed by atoms with Gasteiger partial charge in [-0.3, -0.25) is 4.79 Å². The fourth-order valence-corrected chi connectivity index (χ4v) is 4.27. The van der Waals surface area contributed by atoms with Crippen molar-refractivity contribution in [3.8, 4) is 5.69 Å². The third-order valence-electron chi connectivity index (χ3n) is 5.27. The van der Waals surface area contributed by atoms with Crippen molar-refractivity contribution in [2.45, 2.75) is 44.6 Å². The van der Waals surface area contributed by atoms with Gasteiger partial charge in [-0.1, -0.05) is 44.2 Å². The van der Waals surface area contributed by atoms with Crippen LogP contribution in [0.15, 0.2) is 53.4 Å². The Hall–Kier alpha value is -3.04. The van der Waals surface area contributed by atoms with Crippen LogP contribution in [0, 0.1) is 6.92 Å². The van der Waals surface area contributed by atoms with E-state index < -0.39 is 15.9 Å². The van der Waals surface area contributed by atoms with Crippen LogP contribution in [0.5, 0.6) is 0 Å². The van der Waals surface area contributed by atoms with E-state index >= 15 is 0 Å². The Balaban J connectivity index is 1.79. The molecule has 1 heterocycles. The average molecular weight is 456 g/mol. The summed E-state index contributed by atoms with van der Waals surface area (Å²) in [6.45, 7) is 7.85. The first-order valence-corrected chi connectivity index (χ1v) is 11.8. The zero-order valence-electron chi connectivity index (χ0n) is 19.2. The maximum Gasteiger partial charge on any atom is 0.291 e. The molecule has 0 radical (unpaired) electrons. The molecule has 170 valence electrons. The normalized spacial score (nSPS) is 12.9. The molecule has 1 unspecified atom stereocenters. The Labute approximate surface area is 189 Å². The number of aryl methyl sites for hydroxylation is 1. The summed E-state index contributed by atoms with van der Waals surface area (Å²) in [6, 6.07) is 14.0. The van der Waals surface area contributed by atoms with Gasteiger partial charge in [0.05, 0.1) is 16.6 Å². The van der Waals surface area contributed by atoms with Crippen molar-refractivity contribution in [1.29, 1.82) is 0 Å². The highest BCUT2D eigenvalue weighted by atomic mass is 32.2. The molecule has 32 heavy (non-hydrogen) atoms. The number of para-hydroxylation sites is 1. The Morgan fingerprint density at radius 2 is 1.66 bits per heavy atom. The fraction of sp³-hybridized carbons (Fsp3) is 0.348. The summed E-state index contributed by atoms with van der Waals surface area (Å²) in [7, 11) is -0.529. The largest absolute Gasteiger partial charge is 0.343 e. The van der Waals surface area contributed by atoms with Crippen molar-refractivity contribution in [1.82, 2.24) is 24.4 Å². The minimum absolute atomic E-state index is 0.0831. The minimum atomic E-state index is -3.50. The van der Waals surface area contributed by atoms with Gasteiger partial charge < -0.3 is 5.32 Å². The number of aromatic nitrogens is 3. The van der Waals surface area contributed by atoms with Crippen LogP contribution in [0.1, 0.15) is 60.3 Å². The number of nitrogens with zero attached hydrogens (tertiary/aromatic N) is 4. The molecule has 0 saturated carbocycles. The van der Waals surface area contributed by atoms with E-state index in [0.717, 1.165) is 21.1 Å². The predicted octanol–water partition coefficient (Wildman–Crippen LogP) is 3.44. The van der Waals surface area contributed by atoms with Crippen LogP contribution < -0.4 is 5.32 Å². The maximum atomic E-state index is 12.8. The summed E-state index contributed by atoms with van der Waals surface area (Å²) < 4.78 is 27.3. The minimum Gasteiger partial charge on any atom is -0.343 e. The number of sulfonamides is 1. The van der Waals surface area contributed by atoms with Crippen LogP contribution in [0.3, 0.4) is 0 Å². The number of nitrogens with one attached hydrogen (secondary N) is 1. The fourth-order valence-electron chi connectivity index (χ4n) is 3.37. The Morgan fingerprint density at radius 3 is 2.25 bits per heavy atom. The maximum absolute atomic E-state index is 12.8. The molecular formula is C23H29N5O3S. The molecule has 1 aromatic heterocycles. The molecule has 0 bridgehead atoms. The zero-order valence-corrected chi connectivity index (χ0v) is 20.0. The third-order valence-corrected chi connectivity index (χ3v) is 7.09. The van der Waals surface area contributed by atoms with Gasteiger partial charge in [-0.15, -0.1) is 5.10 Å². The molecule has 3 rings (SSSR count). The quantitative estimate of drug-likeness (QED) is 0.589. The van der Waals surface area contributed by atoms with E-state index in [1.165, 1.54) is 26.2 Å². The molecule has 1 amide bonds. The molecule has 0 aliphatic heterocycles. The zero-order chi connectivity index (χ0) is 23.6. The lowest BCUT2D eigenvalue weighted by Crippen LogP contribution is -2.28. The number of benzene rings is 2. The summed E-state index contributed by atoms with van der Waals surface area (Å²) in [5.41, 5.74) is 2.79. The molecule has 0 spiro atoms. The van der Waals surface area contributed by atoms with E-state index in [2.05, 4.69) is 29.2 Å². The molecule has 3 aromatic rings. The van der Waals surface area contributed by atoms with E-state index in [1.807, 2.05) is 38.1 Å². The van der Waals surface area contributed by atoms with Crippen molar-refractivity contribution in [3.63, 3.8) is 0 Å². The standard InChI is InChI=1S/C23H29N5O3S/c1-15(2)20-9-7-8-10-21(20)28-17(4)25-22(26-28)23(29)24-16(3)18-11-13-19(14-12-18)32(30,31)27(5)6/h7-16H,1-6H3,(H,24,29). The topological polar surface area (TPSA) is 97.2 Å². The highest BCUT2D eigenvalue weighted by Gasteiger charge is 2.21. The van der Waals surface area contributed by atoms with Gasteiger partial charge in [-0.05, 0) is 49.1 Å². The van der Waals surface area contributed by atoms with E-state index in [1.54, 1.807) is 16.8 Å². The van der Waals surface area contributed by atoms with Crippen LogP contribution in [0.25, 0.3) is 5.69 Å². The molecule has 1 N–H and O–H groups in total. The summed E-state index contributed by atoms with van der Waals surface area (Å²) >= 11 is 0. The van der Waals surface area contributed by atoms with Crippen LogP contribution in [0.2, 0.25) is 0 Å². The van der Waals surface area contributed by atoms with E-state index in [9.17, 15) is 13.2 Å². The van der Waals surface area contributed by atoms with Crippen molar-refractivity contribution in [3.05, 3.63) is 71.3 Å². The number of hydrogen-bond acceptors (Lipinski definition) is 5. The lowest BCUT2D eigenvalue weighted by molar-refractivity contribution is 0.0929. The first-order chi connectivity index (χ1) is 15.0. The molecular weight excluding hydrogens is 426 g/mol. The molecule has 2 aromatic carbocycles. The van der Waals surface area contributed by atoms with Crippen LogP contribution in [-0.4, -0.2) is 47.5 Å². The van der Waals surface area contributed by atoms with Crippen LogP contribution in [-0.2, 0) is 10.0 Å². The molecule has 0 aliphatic carbocycles. The summed E-state index contributed by atoms with van der Waals surface area (Å²) in [5, 5.41) is 7.33. The lowest BCUT2D eigenvalue weighted by Gasteiger charge is -2.15. The lowest BCUT2D eigenvalue weighted by atomic mass is 10.0. The molecule has 0 aliphatic rings. The number of carbonyl (C=O) groups is 1. The van der Waals surface area contributed by atoms with E-state index in [-0.39, 0.29) is 16.8 Å². The number of hydrogen-bond donors (Lipinski definition) is 1.